The molecule has 1 aromatic carbocycles. The zero-order valence-corrected chi connectivity index (χ0v) is 19.3. The van der Waals surface area contributed by atoms with E-state index in [1.165, 1.54) is 0 Å². The number of benzene rings is 1. The molecule has 1 saturated heterocycles. The number of nitrogens with two attached hydrogens (primary N) is 1. The van der Waals surface area contributed by atoms with E-state index in [0.717, 1.165) is 5.56 Å². The third-order valence-corrected chi connectivity index (χ3v) is 5.77. The molecule has 2 amide bonds. The molecule has 1 heterocycles. The summed E-state index contributed by atoms with van der Waals surface area (Å²) in [4.78, 5) is 27.8. The highest BCUT2D eigenvalue weighted by atomic mass is 31.1. The van der Waals surface area contributed by atoms with Gasteiger partial charge in [0.1, 0.15) is 0 Å². The number of carbonyl (C=O) groups is 2. The summed E-state index contributed by atoms with van der Waals surface area (Å²) in [5, 5.41) is 0. The largest absolute Gasteiger partial charge is 0.450 e. The quantitative estimate of drug-likeness (QED) is 0.427. The molecule has 9 nitrogen and oxygen atoms in total. The molecule has 0 spiro atoms. The Bertz CT molecular complexity index is 731. The molecular weight excluding hydrogens is 421 g/mol. The van der Waals surface area contributed by atoms with Crippen LogP contribution in [0.1, 0.15) is 31.9 Å². The first-order valence-corrected chi connectivity index (χ1v) is 11.4. The van der Waals surface area contributed by atoms with Crippen molar-refractivity contribution in [2.75, 3.05) is 46.0 Å². The molecule has 1 aliphatic rings. The van der Waals surface area contributed by atoms with Gasteiger partial charge in [0.25, 0.3) is 5.53 Å². The van der Waals surface area contributed by atoms with Crippen molar-refractivity contribution in [1.82, 2.24) is 9.80 Å². The number of amides is 2. The van der Waals surface area contributed by atoms with E-state index in [9.17, 15) is 14.2 Å². The molecule has 0 unspecified atom stereocenters. The zero-order valence-electron chi connectivity index (χ0n) is 18.4. The fourth-order valence-electron chi connectivity index (χ4n) is 3.46. The smallest absolute Gasteiger partial charge is 0.409 e. The zero-order chi connectivity index (χ0) is 22.9. The van der Waals surface area contributed by atoms with Gasteiger partial charge in [-0.25, -0.2) is 4.79 Å². The second-order valence-electron chi connectivity index (χ2n) is 7.06. The second-order valence-corrected chi connectivity index (χ2v) is 7.83. The lowest BCUT2D eigenvalue weighted by molar-refractivity contribution is -0.176. The molecule has 2 rings (SSSR count). The second kappa shape index (κ2) is 12.1. The highest BCUT2D eigenvalue weighted by Gasteiger charge is 2.35. The Morgan fingerprint density at radius 2 is 1.55 bits per heavy atom. The number of piperazine rings is 1. The van der Waals surface area contributed by atoms with Crippen LogP contribution in [0.15, 0.2) is 24.3 Å². The summed E-state index contributed by atoms with van der Waals surface area (Å²) in [7, 11) is -0.284. The predicted octanol–water partition coefficient (Wildman–Crippen LogP) is 2.33. The standard InChI is InChI=1S/C21H32N3O6P/c1-4-28-20(26)24-13-11-23(12-14-24)19(25)18(22)15-16-7-9-17(10-8-16)21(31-27,29-5-2)30-6-3/h7-10,18H,4-6,11-15,22H2,1-3H3/t18-/m0/s1. The molecule has 31 heavy (non-hydrogen) atoms. The maximum atomic E-state index is 12.7. The van der Waals surface area contributed by atoms with Crippen molar-refractivity contribution in [3.63, 3.8) is 0 Å². The lowest BCUT2D eigenvalue weighted by Gasteiger charge is -2.35. The van der Waals surface area contributed by atoms with Crippen LogP contribution in [0.4, 0.5) is 4.79 Å². The van der Waals surface area contributed by atoms with Crippen LogP contribution >= 0.6 is 8.46 Å². The van der Waals surface area contributed by atoms with Crippen LogP contribution in [0, 0.1) is 0 Å². The van der Waals surface area contributed by atoms with Crippen molar-refractivity contribution in [1.29, 1.82) is 0 Å². The van der Waals surface area contributed by atoms with Crippen molar-refractivity contribution in [2.45, 2.75) is 38.8 Å². The summed E-state index contributed by atoms with van der Waals surface area (Å²) in [6.07, 6.45) is 0.00869. The Morgan fingerprint density at radius 3 is 2.03 bits per heavy atom. The Labute approximate surface area is 185 Å². The highest BCUT2D eigenvalue weighted by Crippen LogP contribution is 2.38. The van der Waals surface area contributed by atoms with E-state index in [0.29, 0.717) is 58.0 Å². The summed E-state index contributed by atoms with van der Waals surface area (Å²) in [5.74, 6) is -0.149. The molecule has 1 atom stereocenters. The van der Waals surface area contributed by atoms with Crippen LogP contribution in [0.3, 0.4) is 0 Å². The Kier molecular flexibility index (Phi) is 9.84. The van der Waals surface area contributed by atoms with Crippen LogP contribution < -0.4 is 5.73 Å². The molecule has 0 radical (unpaired) electrons. The van der Waals surface area contributed by atoms with Crippen LogP contribution in [-0.4, -0.2) is 73.8 Å². The van der Waals surface area contributed by atoms with Gasteiger partial charge in [0, 0.05) is 45.0 Å². The molecular formula is C21H32N3O6P. The highest BCUT2D eigenvalue weighted by molar-refractivity contribution is 7.24. The van der Waals surface area contributed by atoms with Crippen LogP contribution in [0.2, 0.25) is 0 Å². The van der Waals surface area contributed by atoms with Gasteiger partial charge >= 0.3 is 6.09 Å². The summed E-state index contributed by atoms with van der Waals surface area (Å²) in [6, 6.07) is 6.53. The fourth-order valence-corrected chi connectivity index (χ4v) is 4.07. The van der Waals surface area contributed by atoms with Gasteiger partial charge in [-0.15, -0.1) is 0 Å². The van der Waals surface area contributed by atoms with E-state index in [1.54, 1.807) is 28.9 Å². The number of hydrogen-bond donors (Lipinski definition) is 1. The SMILES string of the molecule is CCOC(=O)N1CCN(C(=O)[C@@H](N)Cc2ccc(C(OCC)(OCC)P=O)cc2)CC1. The van der Waals surface area contributed by atoms with Gasteiger partial charge in [-0.3, -0.25) is 9.36 Å². The third-order valence-electron chi connectivity index (χ3n) is 5.01. The van der Waals surface area contributed by atoms with Gasteiger partial charge in [0.2, 0.25) is 14.4 Å². The molecule has 0 aromatic heterocycles. The number of ether oxygens (including phenoxy) is 3. The first-order valence-electron chi connectivity index (χ1n) is 10.6. The van der Waals surface area contributed by atoms with E-state index in [4.69, 9.17) is 19.9 Å². The molecule has 172 valence electrons. The average molecular weight is 453 g/mol. The summed E-state index contributed by atoms with van der Waals surface area (Å²) in [6.45, 7) is 8.11. The summed E-state index contributed by atoms with van der Waals surface area (Å²) in [5.41, 5.74) is 6.34. The molecule has 1 aromatic rings. The summed E-state index contributed by atoms with van der Waals surface area (Å²) < 4.78 is 28.0. The number of nitrogens with zero attached hydrogens (tertiary/aromatic N) is 2. The predicted molar refractivity (Wildman–Crippen MR) is 116 cm³/mol. The van der Waals surface area contributed by atoms with E-state index in [2.05, 4.69) is 0 Å². The van der Waals surface area contributed by atoms with Crippen LogP contribution in [-0.2, 0) is 35.5 Å². The Hall–Kier alpha value is -2.06. The van der Waals surface area contributed by atoms with Crippen LogP contribution in [0.5, 0.6) is 0 Å². The number of carbonyl (C=O) groups excluding carboxylic acids is 2. The lowest BCUT2D eigenvalue weighted by atomic mass is 10.0. The third kappa shape index (κ3) is 6.46. The average Bonchev–Trinajstić information content (AvgIpc) is 2.79. The van der Waals surface area contributed by atoms with E-state index >= 15 is 0 Å². The van der Waals surface area contributed by atoms with Gasteiger partial charge in [-0.2, -0.15) is 0 Å². The van der Waals surface area contributed by atoms with Crippen molar-refractivity contribution < 1.29 is 28.4 Å². The molecule has 0 saturated carbocycles. The minimum absolute atomic E-state index is 0.149. The Balaban J connectivity index is 1.96. The Morgan fingerprint density at radius 1 is 1.00 bits per heavy atom. The molecule has 10 heteroatoms. The first kappa shape index (κ1) is 25.2. The normalized spacial score (nSPS) is 15.7. The fraction of sp³-hybridized carbons (Fsp3) is 0.619. The minimum atomic E-state index is -1.33. The molecule has 2 N–H and O–H groups in total. The maximum Gasteiger partial charge on any atom is 0.409 e. The van der Waals surface area contributed by atoms with Crippen molar-refractivity contribution in [3.8, 4) is 0 Å². The van der Waals surface area contributed by atoms with E-state index in [-0.39, 0.29) is 20.5 Å². The molecule has 0 bridgehead atoms. The topological polar surface area (TPSA) is 111 Å². The minimum Gasteiger partial charge on any atom is -0.450 e. The van der Waals surface area contributed by atoms with Crippen molar-refractivity contribution >= 4 is 20.5 Å². The van der Waals surface area contributed by atoms with Crippen molar-refractivity contribution in [2.24, 2.45) is 5.73 Å². The molecule has 0 aliphatic carbocycles. The number of hydrogen-bond acceptors (Lipinski definition) is 7. The van der Waals surface area contributed by atoms with Gasteiger partial charge in [-0.05, 0) is 32.8 Å². The van der Waals surface area contributed by atoms with Crippen LogP contribution in [0.25, 0.3) is 0 Å². The number of rotatable bonds is 10. The monoisotopic (exact) mass is 453 g/mol. The van der Waals surface area contributed by atoms with Crippen molar-refractivity contribution in [3.05, 3.63) is 35.4 Å². The van der Waals surface area contributed by atoms with Gasteiger partial charge in [0.05, 0.1) is 12.6 Å². The molecule has 1 fully saturated rings. The maximum absolute atomic E-state index is 12.7. The lowest BCUT2D eigenvalue weighted by Crippen LogP contribution is -2.54. The first-order chi connectivity index (χ1) is 14.9. The summed E-state index contributed by atoms with van der Waals surface area (Å²) >= 11 is 0. The van der Waals surface area contributed by atoms with E-state index in [1.807, 2.05) is 26.0 Å². The molecule has 1 aliphatic heterocycles. The van der Waals surface area contributed by atoms with E-state index < -0.39 is 11.6 Å². The van der Waals surface area contributed by atoms with Gasteiger partial charge < -0.3 is 29.7 Å². The van der Waals surface area contributed by atoms with Gasteiger partial charge in [0.15, 0.2) is 0 Å². The van der Waals surface area contributed by atoms with Gasteiger partial charge in [-0.1, -0.05) is 24.3 Å².